The van der Waals surface area contributed by atoms with Crippen molar-refractivity contribution in [3.63, 3.8) is 0 Å². The highest BCUT2D eigenvalue weighted by Gasteiger charge is 2.45. The van der Waals surface area contributed by atoms with Gasteiger partial charge in [0.25, 0.3) is 0 Å². The van der Waals surface area contributed by atoms with Crippen LogP contribution in [0.15, 0.2) is 48.5 Å². The highest BCUT2D eigenvalue weighted by atomic mass is 19.4. The van der Waals surface area contributed by atoms with Gasteiger partial charge < -0.3 is 20.9 Å². The zero-order valence-corrected chi connectivity index (χ0v) is 18.9. The molecule has 0 saturated heterocycles. The third-order valence-electron chi connectivity index (χ3n) is 5.81. The summed E-state index contributed by atoms with van der Waals surface area (Å²) < 4.78 is 76.7. The van der Waals surface area contributed by atoms with Gasteiger partial charge in [-0.25, -0.2) is 4.79 Å². The quantitative estimate of drug-likeness (QED) is 0.192. The van der Waals surface area contributed by atoms with Crippen molar-refractivity contribution in [2.45, 2.75) is 51.0 Å². The molecule has 190 valence electrons. The van der Waals surface area contributed by atoms with E-state index in [9.17, 15) is 26.7 Å². The van der Waals surface area contributed by atoms with E-state index in [1.165, 1.54) is 36.4 Å². The van der Waals surface area contributed by atoms with E-state index in [4.69, 9.17) is 20.9 Å². The number of carbonyl (C=O) groups is 1. The van der Waals surface area contributed by atoms with Gasteiger partial charge in [0, 0.05) is 23.9 Å². The van der Waals surface area contributed by atoms with Crippen molar-refractivity contribution in [3.05, 3.63) is 59.7 Å². The molecule has 1 aliphatic carbocycles. The van der Waals surface area contributed by atoms with E-state index in [0.29, 0.717) is 22.5 Å². The molecule has 0 bridgehead atoms. The van der Waals surface area contributed by atoms with Gasteiger partial charge in [-0.1, -0.05) is 12.1 Å². The van der Waals surface area contributed by atoms with Crippen molar-refractivity contribution in [2.24, 2.45) is 11.8 Å². The summed E-state index contributed by atoms with van der Waals surface area (Å²) in [5.74, 6) is -2.45. The highest BCUT2D eigenvalue weighted by Crippen LogP contribution is 2.42. The fourth-order valence-corrected chi connectivity index (χ4v) is 4.11. The summed E-state index contributed by atoms with van der Waals surface area (Å²) in [6.45, 7) is -0.0155. The van der Waals surface area contributed by atoms with Crippen molar-refractivity contribution in [1.29, 1.82) is 0 Å². The SMILES string of the molecule is Nc1cc(N)cc(COC(=O)/C=C/c2ccc(OC(F)(F)C3CCC(CC(F)(F)F)CC3)cc2)c1. The summed E-state index contributed by atoms with van der Waals surface area (Å²) in [5.41, 5.74) is 13.5. The lowest BCUT2D eigenvalue weighted by atomic mass is 9.80. The van der Waals surface area contributed by atoms with Crippen molar-refractivity contribution < 1.29 is 36.2 Å². The molecular weight excluding hydrogens is 471 g/mol. The van der Waals surface area contributed by atoms with Crippen LogP contribution in [-0.2, 0) is 16.1 Å². The smallest absolute Gasteiger partial charge is 0.400 e. The van der Waals surface area contributed by atoms with Gasteiger partial charge in [-0.05, 0) is 79.1 Å². The summed E-state index contributed by atoms with van der Waals surface area (Å²) in [6.07, 6.45) is -5.94. The van der Waals surface area contributed by atoms with Crippen LogP contribution in [0.25, 0.3) is 6.08 Å². The number of hydrogen-bond acceptors (Lipinski definition) is 5. The first-order chi connectivity index (χ1) is 16.4. The number of esters is 1. The molecule has 4 N–H and O–H groups in total. The Hall–Kier alpha value is -3.30. The molecule has 0 amide bonds. The molecule has 1 aliphatic rings. The van der Waals surface area contributed by atoms with Gasteiger partial charge >= 0.3 is 18.3 Å². The molecule has 0 radical (unpaired) electrons. The maximum Gasteiger partial charge on any atom is 0.400 e. The minimum atomic E-state index is -4.28. The molecule has 1 saturated carbocycles. The largest absolute Gasteiger partial charge is 0.458 e. The van der Waals surface area contributed by atoms with Crippen LogP contribution in [0, 0.1) is 11.8 Å². The standard InChI is InChI=1S/C25H27F5N2O3/c26-24(27,28)14-17-1-6-19(7-2-17)25(29,30)35-22-8-3-16(4-9-22)5-10-23(33)34-15-18-11-20(31)13-21(32)12-18/h3-5,8-13,17,19H,1-2,6-7,14-15,31-32H2/b10-5+. The molecule has 0 unspecified atom stereocenters. The van der Waals surface area contributed by atoms with Gasteiger partial charge in [0.05, 0.1) is 5.92 Å². The van der Waals surface area contributed by atoms with Crippen LogP contribution < -0.4 is 16.2 Å². The molecule has 0 aromatic heterocycles. The molecule has 1 fully saturated rings. The number of alkyl halides is 5. The topological polar surface area (TPSA) is 87.6 Å². The predicted octanol–water partition coefficient (Wildman–Crippen LogP) is 6.34. The van der Waals surface area contributed by atoms with E-state index in [1.807, 2.05) is 0 Å². The Kier molecular flexibility index (Phi) is 8.24. The number of rotatable bonds is 8. The fourth-order valence-electron chi connectivity index (χ4n) is 4.11. The molecule has 0 atom stereocenters. The number of nitrogen functional groups attached to an aromatic ring is 2. The minimum Gasteiger partial charge on any atom is -0.458 e. The molecule has 5 nitrogen and oxygen atoms in total. The van der Waals surface area contributed by atoms with Crippen LogP contribution >= 0.6 is 0 Å². The number of nitrogens with two attached hydrogens (primary N) is 2. The Balaban J connectivity index is 1.48. The zero-order chi connectivity index (χ0) is 25.6. The second-order valence-electron chi connectivity index (χ2n) is 8.72. The second-order valence-corrected chi connectivity index (χ2v) is 8.72. The monoisotopic (exact) mass is 498 g/mol. The first-order valence-electron chi connectivity index (χ1n) is 11.1. The molecule has 2 aromatic carbocycles. The molecule has 0 heterocycles. The minimum absolute atomic E-state index is 0.0155. The van der Waals surface area contributed by atoms with Gasteiger partial charge in [0.2, 0.25) is 0 Å². The van der Waals surface area contributed by atoms with Crippen LogP contribution in [0.2, 0.25) is 0 Å². The Bertz CT molecular complexity index is 1010. The lowest BCUT2D eigenvalue weighted by molar-refractivity contribution is -0.225. The van der Waals surface area contributed by atoms with Crippen LogP contribution in [0.5, 0.6) is 5.75 Å². The first kappa shape index (κ1) is 26.3. The van der Waals surface area contributed by atoms with Gasteiger partial charge in [0.1, 0.15) is 12.4 Å². The molecule has 0 aliphatic heterocycles. The predicted molar refractivity (Wildman–Crippen MR) is 122 cm³/mol. The number of anilines is 2. The molecule has 3 rings (SSSR count). The molecule has 0 spiro atoms. The van der Waals surface area contributed by atoms with E-state index in [1.54, 1.807) is 18.2 Å². The lowest BCUT2D eigenvalue weighted by Gasteiger charge is -2.33. The average molecular weight is 498 g/mol. The van der Waals surface area contributed by atoms with E-state index in [-0.39, 0.29) is 38.0 Å². The van der Waals surface area contributed by atoms with E-state index < -0.39 is 36.5 Å². The third-order valence-corrected chi connectivity index (χ3v) is 5.81. The molecular formula is C25H27F5N2O3. The summed E-state index contributed by atoms with van der Waals surface area (Å²) in [7, 11) is 0. The Morgan fingerprint density at radius 2 is 1.54 bits per heavy atom. The Morgan fingerprint density at radius 3 is 2.11 bits per heavy atom. The number of ether oxygens (including phenoxy) is 2. The molecule has 35 heavy (non-hydrogen) atoms. The Morgan fingerprint density at radius 1 is 0.943 bits per heavy atom. The average Bonchev–Trinajstić information content (AvgIpc) is 2.75. The van der Waals surface area contributed by atoms with Crippen molar-refractivity contribution in [1.82, 2.24) is 0 Å². The lowest BCUT2D eigenvalue weighted by Crippen LogP contribution is -2.37. The second kappa shape index (κ2) is 11.0. The number of hydrogen-bond donors (Lipinski definition) is 2. The van der Waals surface area contributed by atoms with Gasteiger partial charge in [-0.3, -0.25) is 0 Å². The van der Waals surface area contributed by atoms with Crippen LogP contribution in [0.4, 0.5) is 33.3 Å². The van der Waals surface area contributed by atoms with Gasteiger partial charge in [0.15, 0.2) is 0 Å². The maximum absolute atomic E-state index is 14.6. The third kappa shape index (κ3) is 8.45. The van der Waals surface area contributed by atoms with Crippen molar-refractivity contribution in [2.75, 3.05) is 11.5 Å². The normalized spacial score (nSPS) is 19.0. The molecule has 10 heteroatoms. The van der Waals surface area contributed by atoms with Crippen LogP contribution in [0.3, 0.4) is 0 Å². The van der Waals surface area contributed by atoms with Gasteiger partial charge in [-0.2, -0.15) is 22.0 Å². The molecule has 2 aromatic rings. The highest BCUT2D eigenvalue weighted by molar-refractivity contribution is 5.87. The zero-order valence-electron chi connectivity index (χ0n) is 18.9. The summed E-state index contributed by atoms with van der Waals surface area (Å²) in [6, 6.07) is 10.5. The van der Waals surface area contributed by atoms with Crippen molar-refractivity contribution >= 4 is 23.4 Å². The number of benzene rings is 2. The van der Waals surface area contributed by atoms with E-state index >= 15 is 0 Å². The van der Waals surface area contributed by atoms with E-state index in [0.717, 1.165) is 0 Å². The number of halogens is 5. The maximum atomic E-state index is 14.6. The number of carbonyl (C=O) groups excluding carboxylic acids is 1. The van der Waals surface area contributed by atoms with Crippen LogP contribution in [-0.4, -0.2) is 18.3 Å². The summed E-state index contributed by atoms with van der Waals surface area (Å²) >= 11 is 0. The van der Waals surface area contributed by atoms with E-state index in [2.05, 4.69) is 0 Å². The fraction of sp³-hybridized carbons (Fsp3) is 0.400. The van der Waals surface area contributed by atoms with Gasteiger partial charge in [-0.15, -0.1) is 0 Å². The van der Waals surface area contributed by atoms with Crippen molar-refractivity contribution in [3.8, 4) is 5.75 Å². The Labute approximate surface area is 199 Å². The summed E-state index contributed by atoms with van der Waals surface area (Å²) in [4.78, 5) is 11.9. The summed E-state index contributed by atoms with van der Waals surface area (Å²) in [5, 5.41) is 0. The van der Waals surface area contributed by atoms with Crippen LogP contribution in [0.1, 0.15) is 43.2 Å². The first-order valence-corrected chi connectivity index (χ1v) is 11.1.